The highest BCUT2D eigenvalue weighted by Gasteiger charge is 2.21. The van der Waals surface area contributed by atoms with E-state index < -0.39 is 9.84 Å². The first kappa shape index (κ1) is 14.0. The van der Waals surface area contributed by atoms with Crippen molar-refractivity contribution in [2.24, 2.45) is 0 Å². The molecule has 1 aliphatic heterocycles. The summed E-state index contributed by atoms with van der Waals surface area (Å²) in [7, 11) is -3.41. The zero-order chi connectivity index (χ0) is 14.0. The summed E-state index contributed by atoms with van der Waals surface area (Å²) < 4.78 is 24.7. The monoisotopic (exact) mass is 285 g/mol. The fourth-order valence-electron chi connectivity index (χ4n) is 2.32. The van der Waals surface area contributed by atoms with Crippen molar-refractivity contribution in [3.05, 3.63) is 11.9 Å². The third-order valence-corrected chi connectivity index (χ3v) is 4.20. The van der Waals surface area contributed by atoms with Crippen molar-refractivity contribution in [3.63, 3.8) is 0 Å². The number of sulfone groups is 1. The van der Waals surface area contributed by atoms with E-state index in [1.54, 1.807) is 18.0 Å². The molecule has 0 saturated carbocycles. The van der Waals surface area contributed by atoms with Crippen LogP contribution in [-0.4, -0.2) is 48.1 Å². The lowest BCUT2D eigenvalue weighted by atomic mass is 10.1. The number of piperidine rings is 1. The van der Waals surface area contributed by atoms with Crippen LogP contribution in [-0.2, 0) is 21.2 Å². The van der Waals surface area contributed by atoms with Gasteiger partial charge in [-0.15, -0.1) is 0 Å². The van der Waals surface area contributed by atoms with Crippen LogP contribution in [0.15, 0.2) is 11.4 Å². The molecule has 1 aliphatic rings. The molecule has 19 heavy (non-hydrogen) atoms. The predicted molar refractivity (Wildman–Crippen MR) is 70.5 cm³/mol. The third kappa shape index (κ3) is 3.34. The van der Waals surface area contributed by atoms with Gasteiger partial charge in [-0.25, -0.2) is 13.4 Å². The van der Waals surface area contributed by atoms with Crippen LogP contribution in [0.5, 0.6) is 0 Å². The smallest absolute Gasteiger partial charge is 0.242 e. The van der Waals surface area contributed by atoms with Gasteiger partial charge in [0.2, 0.25) is 20.9 Å². The zero-order valence-electron chi connectivity index (χ0n) is 11.3. The molecule has 0 unspecified atom stereocenters. The number of imidazole rings is 1. The summed E-state index contributed by atoms with van der Waals surface area (Å²) in [5.74, 6) is -0.0398. The number of nitrogens with zero attached hydrogens (tertiary/aromatic N) is 3. The molecule has 1 saturated heterocycles. The quantitative estimate of drug-likeness (QED) is 0.815. The van der Waals surface area contributed by atoms with Crippen molar-refractivity contribution in [3.8, 4) is 0 Å². The molecule has 2 heterocycles. The Morgan fingerprint density at radius 3 is 2.53 bits per heavy atom. The number of carbonyl (C=O) groups is 1. The lowest BCUT2D eigenvalue weighted by Gasteiger charge is -2.26. The van der Waals surface area contributed by atoms with E-state index in [9.17, 15) is 13.2 Å². The maximum atomic E-state index is 12.1. The van der Waals surface area contributed by atoms with Gasteiger partial charge in [-0.1, -0.05) is 0 Å². The molecule has 1 amide bonds. The van der Waals surface area contributed by atoms with E-state index >= 15 is 0 Å². The van der Waals surface area contributed by atoms with Gasteiger partial charge in [-0.3, -0.25) is 4.79 Å². The molecule has 0 atom stereocenters. The summed E-state index contributed by atoms with van der Waals surface area (Å²) in [4.78, 5) is 17.9. The Morgan fingerprint density at radius 2 is 1.95 bits per heavy atom. The Balaban J connectivity index is 2.17. The Bertz CT molecular complexity index is 571. The van der Waals surface area contributed by atoms with Gasteiger partial charge in [0.1, 0.15) is 6.54 Å². The highest BCUT2D eigenvalue weighted by molar-refractivity contribution is 7.90. The van der Waals surface area contributed by atoms with Gasteiger partial charge in [0.15, 0.2) is 0 Å². The molecule has 0 aliphatic carbocycles. The Morgan fingerprint density at radius 1 is 1.32 bits per heavy atom. The van der Waals surface area contributed by atoms with Crippen molar-refractivity contribution >= 4 is 15.7 Å². The van der Waals surface area contributed by atoms with Crippen LogP contribution in [0.4, 0.5) is 0 Å². The van der Waals surface area contributed by atoms with Crippen molar-refractivity contribution in [1.29, 1.82) is 0 Å². The molecule has 0 aromatic carbocycles. The molecule has 0 bridgehead atoms. The lowest BCUT2D eigenvalue weighted by molar-refractivity contribution is -0.132. The topological polar surface area (TPSA) is 72.3 Å². The summed E-state index contributed by atoms with van der Waals surface area (Å²) in [6.45, 7) is 3.29. The first-order chi connectivity index (χ1) is 8.88. The molecule has 2 rings (SSSR count). The standard InChI is InChI=1S/C12H19N3O3S/c1-10-8-15(12(13-10)19(2,17)18)9-11(16)14-6-4-3-5-7-14/h8H,3-7,9H2,1-2H3. The lowest BCUT2D eigenvalue weighted by Crippen LogP contribution is -2.38. The Kier molecular flexibility index (Phi) is 3.93. The summed E-state index contributed by atoms with van der Waals surface area (Å²) in [6.07, 6.45) is 5.92. The average Bonchev–Trinajstić information content (AvgIpc) is 2.71. The van der Waals surface area contributed by atoms with Crippen molar-refractivity contribution in [2.75, 3.05) is 19.3 Å². The summed E-state index contributed by atoms with van der Waals surface area (Å²) >= 11 is 0. The highest BCUT2D eigenvalue weighted by Crippen LogP contribution is 2.13. The molecule has 106 valence electrons. The zero-order valence-corrected chi connectivity index (χ0v) is 12.1. The van der Waals surface area contributed by atoms with Crippen LogP contribution in [0.1, 0.15) is 25.0 Å². The van der Waals surface area contributed by atoms with Gasteiger partial charge in [0, 0.05) is 25.5 Å². The van der Waals surface area contributed by atoms with Crippen molar-refractivity contribution in [2.45, 2.75) is 37.9 Å². The molecule has 0 radical (unpaired) electrons. The van der Waals surface area contributed by atoms with Crippen LogP contribution in [0.25, 0.3) is 0 Å². The van der Waals surface area contributed by atoms with Gasteiger partial charge in [0.25, 0.3) is 0 Å². The van der Waals surface area contributed by atoms with E-state index in [1.165, 1.54) is 4.57 Å². The molecule has 1 fully saturated rings. The van der Waals surface area contributed by atoms with Gasteiger partial charge in [-0.05, 0) is 26.2 Å². The largest absolute Gasteiger partial charge is 0.341 e. The first-order valence-electron chi connectivity index (χ1n) is 6.39. The van der Waals surface area contributed by atoms with Gasteiger partial charge < -0.3 is 9.47 Å². The van der Waals surface area contributed by atoms with Crippen molar-refractivity contribution in [1.82, 2.24) is 14.5 Å². The van der Waals surface area contributed by atoms with E-state index in [0.717, 1.165) is 38.6 Å². The Hall–Kier alpha value is -1.37. The third-order valence-electron chi connectivity index (χ3n) is 3.21. The molecular formula is C12H19N3O3S. The number of likely N-dealkylation sites (tertiary alicyclic amines) is 1. The first-order valence-corrected chi connectivity index (χ1v) is 8.28. The van der Waals surface area contributed by atoms with E-state index in [2.05, 4.69) is 4.98 Å². The summed E-state index contributed by atoms with van der Waals surface area (Å²) in [6, 6.07) is 0. The number of carbonyl (C=O) groups excluding carboxylic acids is 1. The Labute approximate surface area is 113 Å². The van der Waals surface area contributed by atoms with E-state index in [-0.39, 0.29) is 17.6 Å². The molecule has 7 heteroatoms. The van der Waals surface area contributed by atoms with Crippen LogP contribution >= 0.6 is 0 Å². The fraction of sp³-hybridized carbons (Fsp3) is 0.667. The molecule has 1 aromatic heterocycles. The minimum atomic E-state index is -3.41. The second-order valence-electron chi connectivity index (χ2n) is 5.01. The second-order valence-corrected chi connectivity index (χ2v) is 6.92. The average molecular weight is 285 g/mol. The molecule has 1 aromatic rings. The number of rotatable bonds is 3. The predicted octanol–water partition coefficient (Wildman–Crippen LogP) is 0.608. The number of amides is 1. The van der Waals surface area contributed by atoms with Gasteiger partial charge in [-0.2, -0.15) is 0 Å². The van der Waals surface area contributed by atoms with Crippen LogP contribution in [0.2, 0.25) is 0 Å². The number of hydrogen-bond acceptors (Lipinski definition) is 4. The maximum absolute atomic E-state index is 12.1. The normalized spacial score (nSPS) is 16.6. The van der Waals surface area contributed by atoms with E-state index in [0.29, 0.717) is 5.69 Å². The number of aryl methyl sites for hydroxylation is 1. The number of aromatic nitrogens is 2. The summed E-state index contributed by atoms with van der Waals surface area (Å²) in [5.41, 5.74) is 0.604. The summed E-state index contributed by atoms with van der Waals surface area (Å²) in [5, 5.41) is -0.0321. The van der Waals surface area contributed by atoms with Crippen LogP contribution in [0.3, 0.4) is 0 Å². The molecule has 0 spiro atoms. The van der Waals surface area contributed by atoms with Crippen LogP contribution < -0.4 is 0 Å². The van der Waals surface area contributed by atoms with E-state index in [4.69, 9.17) is 0 Å². The van der Waals surface area contributed by atoms with Gasteiger partial charge in [0.05, 0.1) is 5.69 Å². The van der Waals surface area contributed by atoms with Crippen LogP contribution in [0, 0.1) is 6.92 Å². The number of hydrogen-bond donors (Lipinski definition) is 0. The van der Waals surface area contributed by atoms with Crippen molar-refractivity contribution < 1.29 is 13.2 Å². The maximum Gasteiger partial charge on any atom is 0.242 e. The van der Waals surface area contributed by atoms with Gasteiger partial charge >= 0.3 is 0 Å². The molecular weight excluding hydrogens is 266 g/mol. The van der Waals surface area contributed by atoms with E-state index in [1.807, 2.05) is 0 Å². The fourth-order valence-corrected chi connectivity index (χ4v) is 3.18. The minimum Gasteiger partial charge on any atom is -0.341 e. The SMILES string of the molecule is Cc1cn(CC(=O)N2CCCCC2)c(S(C)(=O)=O)n1. The highest BCUT2D eigenvalue weighted by atomic mass is 32.2. The minimum absolute atomic E-state index is 0.0321. The molecule has 0 N–H and O–H groups in total. The molecule has 6 nitrogen and oxygen atoms in total. The second kappa shape index (κ2) is 5.32.